The number of anilines is 1. The van der Waals surface area contributed by atoms with E-state index in [2.05, 4.69) is 10.2 Å². The summed E-state index contributed by atoms with van der Waals surface area (Å²) in [5.41, 5.74) is 0.955. The lowest BCUT2D eigenvalue weighted by Crippen LogP contribution is -2.41. The van der Waals surface area contributed by atoms with Crippen LogP contribution < -0.4 is 10.1 Å². The summed E-state index contributed by atoms with van der Waals surface area (Å²) in [7, 11) is 1.63. The Hall–Kier alpha value is -1.26. The summed E-state index contributed by atoms with van der Waals surface area (Å²) >= 11 is 0. The number of carbonyl (C=O) groups excluding carboxylic acids is 1. The molecule has 0 atom stereocenters. The van der Waals surface area contributed by atoms with Gasteiger partial charge in [-0.2, -0.15) is 0 Å². The molecule has 0 aliphatic carbocycles. The third kappa shape index (κ3) is 3.33. The molecule has 2 saturated heterocycles. The van der Waals surface area contributed by atoms with E-state index < -0.39 is 0 Å². The van der Waals surface area contributed by atoms with Crippen molar-refractivity contribution in [2.75, 3.05) is 25.5 Å². The standard InChI is InChI=1S/C16H22N2O2.ClH/c1-20-14-6-2-5-13(11-14)17-15(19)12-16-7-3-9-18(16)10-4-8-16;/h2,5-6,11H,3-4,7-10,12H2,1H3,(H,17,19);1H. The quantitative estimate of drug-likeness (QED) is 0.929. The van der Waals surface area contributed by atoms with Crippen LogP contribution in [0.15, 0.2) is 24.3 Å². The first-order valence-corrected chi connectivity index (χ1v) is 7.41. The topological polar surface area (TPSA) is 41.6 Å². The molecular weight excluding hydrogens is 288 g/mol. The molecule has 1 aromatic rings. The highest BCUT2D eigenvalue weighted by Gasteiger charge is 2.45. The zero-order chi connectivity index (χ0) is 14.0. The Kier molecular flexibility index (Phi) is 5.12. The number of carbonyl (C=O) groups is 1. The van der Waals surface area contributed by atoms with Crippen molar-refractivity contribution < 1.29 is 9.53 Å². The first-order valence-electron chi connectivity index (χ1n) is 7.41. The van der Waals surface area contributed by atoms with Gasteiger partial charge < -0.3 is 10.1 Å². The highest BCUT2D eigenvalue weighted by atomic mass is 35.5. The first kappa shape index (κ1) is 16.1. The van der Waals surface area contributed by atoms with E-state index in [1.54, 1.807) is 7.11 Å². The smallest absolute Gasteiger partial charge is 0.226 e. The van der Waals surface area contributed by atoms with Crippen molar-refractivity contribution in [1.29, 1.82) is 0 Å². The van der Waals surface area contributed by atoms with Crippen LogP contribution in [-0.2, 0) is 4.79 Å². The van der Waals surface area contributed by atoms with Crippen molar-refractivity contribution in [1.82, 2.24) is 4.90 Å². The van der Waals surface area contributed by atoms with Gasteiger partial charge in [-0.05, 0) is 50.9 Å². The lowest BCUT2D eigenvalue weighted by atomic mass is 9.90. The predicted octanol–water partition coefficient (Wildman–Crippen LogP) is 3.07. The van der Waals surface area contributed by atoms with E-state index in [-0.39, 0.29) is 23.9 Å². The van der Waals surface area contributed by atoms with E-state index in [9.17, 15) is 4.79 Å². The number of halogens is 1. The predicted molar refractivity (Wildman–Crippen MR) is 86.3 cm³/mol. The maximum absolute atomic E-state index is 12.3. The second-order valence-electron chi connectivity index (χ2n) is 5.88. The molecule has 0 aromatic heterocycles. The van der Waals surface area contributed by atoms with Gasteiger partial charge in [0.1, 0.15) is 5.75 Å². The third-order valence-corrected chi connectivity index (χ3v) is 4.65. The molecule has 21 heavy (non-hydrogen) atoms. The second-order valence-corrected chi connectivity index (χ2v) is 5.88. The van der Waals surface area contributed by atoms with Crippen molar-refractivity contribution >= 4 is 24.0 Å². The van der Waals surface area contributed by atoms with E-state index in [0.29, 0.717) is 6.42 Å². The van der Waals surface area contributed by atoms with Crippen LogP contribution in [0, 0.1) is 0 Å². The van der Waals surface area contributed by atoms with E-state index >= 15 is 0 Å². The number of ether oxygens (including phenoxy) is 1. The van der Waals surface area contributed by atoms with E-state index in [4.69, 9.17) is 4.74 Å². The minimum absolute atomic E-state index is 0. The normalized spacial score (nSPS) is 19.7. The summed E-state index contributed by atoms with van der Waals surface area (Å²) in [5, 5.41) is 3.01. The Balaban J connectivity index is 0.00000161. The molecule has 4 nitrogen and oxygen atoms in total. The largest absolute Gasteiger partial charge is 0.497 e. The molecule has 116 valence electrons. The minimum atomic E-state index is 0. The highest BCUT2D eigenvalue weighted by molar-refractivity contribution is 5.91. The number of methoxy groups -OCH3 is 1. The monoisotopic (exact) mass is 310 g/mol. The molecule has 0 unspecified atom stereocenters. The molecule has 0 bridgehead atoms. The molecule has 3 rings (SSSR count). The fourth-order valence-corrected chi connectivity index (χ4v) is 3.72. The molecule has 1 amide bonds. The lowest BCUT2D eigenvalue weighted by molar-refractivity contribution is -0.118. The summed E-state index contributed by atoms with van der Waals surface area (Å²) in [6, 6.07) is 7.53. The van der Waals surface area contributed by atoms with Gasteiger partial charge in [-0.1, -0.05) is 6.07 Å². The van der Waals surface area contributed by atoms with Crippen molar-refractivity contribution in [2.45, 2.75) is 37.6 Å². The molecule has 0 radical (unpaired) electrons. The van der Waals surface area contributed by atoms with Gasteiger partial charge in [-0.25, -0.2) is 0 Å². The maximum Gasteiger partial charge on any atom is 0.226 e. The molecule has 2 aliphatic rings. The average molecular weight is 311 g/mol. The van der Waals surface area contributed by atoms with E-state index in [1.807, 2.05) is 24.3 Å². The van der Waals surface area contributed by atoms with Crippen molar-refractivity contribution in [3.8, 4) is 5.75 Å². The number of fused-ring (bicyclic) bond motifs is 1. The summed E-state index contributed by atoms with van der Waals surface area (Å²) in [6.45, 7) is 2.32. The van der Waals surface area contributed by atoms with Gasteiger partial charge in [0.2, 0.25) is 5.91 Å². The number of nitrogens with one attached hydrogen (secondary N) is 1. The third-order valence-electron chi connectivity index (χ3n) is 4.65. The van der Waals surface area contributed by atoms with Crippen LogP contribution in [0.25, 0.3) is 0 Å². The van der Waals surface area contributed by atoms with Crippen LogP contribution >= 0.6 is 12.4 Å². The molecule has 5 heteroatoms. The average Bonchev–Trinajstić information content (AvgIpc) is 2.97. The molecular formula is C16H23ClN2O2. The molecule has 1 aromatic carbocycles. The zero-order valence-corrected chi connectivity index (χ0v) is 13.2. The number of amides is 1. The number of hydrogen-bond acceptors (Lipinski definition) is 3. The minimum Gasteiger partial charge on any atom is -0.497 e. The summed E-state index contributed by atoms with van der Waals surface area (Å²) in [5.74, 6) is 0.886. The first-order chi connectivity index (χ1) is 9.72. The Morgan fingerprint density at radius 1 is 1.33 bits per heavy atom. The summed E-state index contributed by atoms with van der Waals surface area (Å²) < 4.78 is 5.18. The SMILES string of the molecule is COc1cccc(NC(=O)CC23CCCN2CCC3)c1.Cl. The molecule has 2 fully saturated rings. The number of rotatable bonds is 4. The zero-order valence-electron chi connectivity index (χ0n) is 12.4. The molecule has 2 heterocycles. The van der Waals surface area contributed by atoms with Gasteiger partial charge in [0.25, 0.3) is 0 Å². The molecule has 0 spiro atoms. The fraction of sp³-hybridized carbons (Fsp3) is 0.562. The fourth-order valence-electron chi connectivity index (χ4n) is 3.72. The van der Waals surface area contributed by atoms with E-state index in [1.165, 1.54) is 25.7 Å². The van der Waals surface area contributed by atoms with Crippen LogP contribution in [0.2, 0.25) is 0 Å². The number of benzene rings is 1. The Labute approximate surface area is 132 Å². The Bertz CT molecular complexity index is 497. The van der Waals surface area contributed by atoms with Gasteiger partial charge in [-0.3, -0.25) is 9.69 Å². The Morgan fingerprint density at radius 3 is 2.71 bits per heavy atom. The van der Waals surface area contributed by atoms with Crippen LogP contribution in [0.4, 0.5) is 5.69 Å². The molecule has 2 aliphatic heterocycles. The molecule has 0 saturated carbocycles. The molecule has 1 N–H and O–H groups in total. The van der Waals surface area contributed by atoms with Gasteiger partial charge >= 0.3 is 0 Å². The van der Waals surface area contributed by atoms with E-state index in [0.717, 1.165) is 24.5 Å². The van der Waals surface area contributed by atoms with Crippen molar-refractivity contribution in [3.63, 3.8) is 0 Å². The van der Waals surface area contributed by atoms with Gasteiger partial charge in [0.15, 0.2) is 0 Å². The van der Waals surface area contributed by atoms with Crippen LogP contribution in [0.5, 0.6) is 5.75 Å². The second kappa shape index (κ2) is 6.67. The number of hydrogen-bond donors (Lipinski definition) is 1. The van der Waals surface area contributed by atoms with Gasteiger partial charge in [0, 0.05) is 23.7 Å². The van der Waals surface area contributed by atoms with Crippen LogP contribution in [0.3, 0.4) is 0 Å². The van der Waals surface area contributed by atoms with Gasteiger partial charge in [-0.15, -0.1) is 12.4 Å². The van der Waals surface area contributed by atoms with Gasteiger partial charge in [0.05, 0.1) is 7.11 Å². The summed E-state index contributed by atoms with van der Waals surface area (Å²) in [6.07, 6.45) is 5.40. The van der Waals surface area contributed by atoms with Crippen molar-refractivity contribution in [3.05, 3.63) is 24.3 Å². The summed E-state index contributed by atoms with van der Waals surface area (Å²) in [4.78, 5) is 14.8. The maximum atomic E-state index is 12.3. The Morgan fingerprint density at radius 2 is 2.05 bits per heavy atom. The highest BCUT2D eigenvalue weighted by Crippen LogP contribution is 2.41. The van der Waals surface area contributed by atoms with Crippen molar-refractivity contribution in [2.24, 2.45) is 0 Å². The lowest BCUT2D eigenvalue weighted by Gasteiger charge is -2.31. The van der Waals surface area contributed by atoms with Crippen LogP contribution in [-0.4, -0.2) is 36.5 Å². The van der Waals surface area contributed by atoms with Crippen LogP contribution in [0.1, 0.15) is 32.1 Å². The number of nitrogens with zero attached hydrogens (tertiary/aromatic N) is 1.